The number of halogens is 2. The molecule has 2 aliphatic heterocycles. The van der Waals surface area contributed by atoms with Crippen LogP contribution in [0.4, 0.5) is 4.39 Å². The molecule has 0 aliphatic carbocycles. The predicted molar refractivity (Wildman–Crippen MR) is 107 cm³/mol. The summed E-state index contributed by atoms with van der Waals surface area (Å²) in [7, 11) is 0. The van der Waals surface area contributed by atoms with Crippen LogP contribution in [0.15, 0.2) is 48.6 Å². The number of aliphatic carboxylic acids is 1. The van der Waals surface area contributed by atoms with Crippen molar-refractivity contribution in [3.05, 3.63) is 64.7 Å². The molecule has 2 aromatic rings. The van der Waals surface area contributed by atoms with Gasteiger partial charge in [0.1, 0.15) is 18.0 Å². The molecular weight excluding hydrogens is 397 g/mol. The van der Waals surface area contributed by atoms with Crippen molar-refractivity contribution in [2.24, 2.45) is 0 Å². The van der Waals surface area contributed by atoms with Crippen LogP contribution in [0.25, 0.3) is 11.1 Å². The topological polar surface area (TPSA) is 66.8 Å². The number of carbonyl (C=O) groups is 2. The van der Waals surface area contributed by atoms with Crippen molar-refractivity contribution >= 4 is 23.5 Å². The minimum atomic E-state index is -1.03. The molecule has 2 aromatic carbocycles. The Balaban J connectivity index is 1.53. The second-order valence-electron chi connectivity index (χ2n) is 7.22. The van der Waals surface area contributed by atoms with Crippen LogP contribution in [0.1, 0.15) is 22.3 Å². The van der Waals surface area contributed by atoms with E-state index in [4.69, 9.17) is 21.4 Å². The molecule has 1 unspecified atom stereocenters. The molecule has 5 nitrogen and oxygen atoms in total. The van der Waals surface area contributed by atoms with Crippen molar-refractivity contribution in [1.82, 2.24) is 4.90 Å². The van der Waals surface area contributed by atoms with Gasteiger partial charge >= 0.3 is 5.97 Å². The number of carboxylic acid groups (broad SMARTS) is 1. The molecule has 1 fully saturated rings. The lowest BCUT2D eigenvalue weighted by Crippen LogP contribution is -2.28. The smallest absolute Gasteiger partial charge is 0.328 e. The van der Waals surface area contributed by atoms with Gasteiger partial charge in [0.2, 0.25) is 0 Å². The zero-order valence-corrected chi connectivity index (χ0v) is 16.2. The Kier molecular flexibility index (Phi) is 5.28. The van der Waals surface area contributed by atoms with Crippen molar-refractivity contribution in [3.8, 4) is 16.9 Å². The Bertz CT molecular complexity index is 989. The lowest BCUT2D eigenvalue weighted by atomic mass is 9.99. The minimum absolute atomic E-state index is 0.151. The molecule has 2 atom stereocenters. The molecule has 0 saturated carbocycles. The first-order chi connectivity index (χ1) is 13.9. The van der Waals surface area contributed by atoms with Crippen LogP contribution in [-0.4, -0.2) is 47.2 Å². The summed E-state index contributed by atoms with van der Waals surface area (Å²) in [6, 6.07) is 10.9. The predicted octanol–water partition coefficient (Wildman–Crippen LogP) is 4.14. The lowest BCUT2D eigenvalue weighted by Gasteiger charge is -2.15. The fraction of sp³-hybridized carbons (Fsp3) is 0.273. The van der Waals surface area contributed by atoms with Crippen LogP contribution in [0, 0.1) is 0 Å². The average molecular weight is 416 g/mol. The lowest BCUT2D eigenvalue weighted by molar-refractivity contribution is -0.131. The highest BCUT2D eigenvalue weighted by atomic mass is 35.5. The zero-order valence-electron chi connectivity index (χ0n) is 15.5. The van der Waals surface area contributed by atoms with E-state index >= 15 is 0 Å². The molecule has 1 amide bonds. The van der Waals surface area contributed by atoms with Crippen molar-refractivity contribution in [2.75, 3.05) is 13.1 Å². The maximum absolute atomic E-state index is 13.3. The molecule has 29 heavy (non-hydrogen) atoms. The van der Waals surface area contributed by atoms with Gasteiger partial charge < -0.3 is 14.7 Å². The largest absolute Gasteiger partial charge is 0.484 e. The molecule has 7 heteroatoms. The third-order valence-corrected chi connectivity index (χ3v) is 5.43. The van der Waals surface area contributed by atoms with E-state index in [2.05, 4.69) is 0 Å². The Morgan fingerprint density at radius 3 is 2.62 bits per heavy atom. The van der Waals surface area contributed by atoms with Gasteiger partial charge in [0, 0.05) is 30.2 Å². The Labute approximate surface area is 172 Å². The molecule has 2 heterocycles. The van der Waals surface area contributed by atoms with Gasteiger partial charge in [0.05, 0.1) is 11.6 Å². The number of hydrogen-bond acceptors (Lipinski definition) is 3. The van der Waals surface area contributed by atoms with Crippen molar-refractivity contribution in [3.63, 3.8) is 0 Å². The number of likely N-dealkylation sites (tertiary alicyclic amines) is 1. The van der Waals surface area contributed by atoms with Crippen LogP contribution in [0.5, 0.6) is 5.75 Å². The van der Waals surface area contributed by atoms with E-state index in [0.29, 0.717) is 35.7 Å². The number of alkyl halides is 1. The van der Waals surface area contributed by atoms with Crippen molar-refractivity contribution < 1.29 is 23.8 Å². The third-order valence-electron chi connectivity index (χ3n) is 5.15. The quantitative estimate of drug-likeness (QED) is 0.762. The second-order valence-corrected chi connectivity index (χ2v) is 7.63. The van der Waals surface area contributed by atoms with Crippen LogP contribution in [0.2, 0.25) is 5.02 Å². The van der Waals surface area contributed by atoms with Gasteiger partial charge in [-0.05, 0) is 47.9 Å². The first-order valence-corrected chi connectivity index (χ1v) is 9.72. The van der Waals surface area contributed by atoms with Gasteiger partial charge in [-0.1, -0.05) is 23.7 Å². The zero-order chi connectivity index (χ0) is 20.5. The Hall–Kier alpha value is -2.86. The summed E-state index contributed by atoms with van der Waals surface area (Å²) in [5.41, 5.74) is 3.20. The van der Waals surface area contributed by atoms with Gasteiger partial charge in [0.25, 0.3) is 5.91 Å². The van der Waals surface area contributed by atoms with Gasteiger partial charge in [-0.2, -0.15) is 0 Å². The van der Waals surface area contributed by atoms with Crippen LogP contribution in [-0.2, 0) is 11.2 Å². The summed E-state index contributed by atoms with van der Waals surface area (Å²) in [5.74, 6) is -0.621. The van der Waals surface area contributed by atoms with Crippen LogP contribution in [0.3, 0.4) is 0 Å². The number of fused-ring (bicyclic) bond motifs is 1. The first-order valence-electron chi connectivity index (χ1n) is 9.34. The molecule has 1 N–H and O–H groups in total. The summed E-state index contributed by atoms with van der Waals surface area (Å²) in [4.78, 5) is 24.7. The monoisotopic (exact) mass is 415 g/mol. The van der Waals surface area contributed by atoms with Gasteiger partial charge in [-0.3, -0.25) is 4.79 Å². The van der Waals surface area contributed by atoms with Crippen molar-refractivity contribution in [2.45, 2.75) is 25.1 Å². The SMILES string of the molecule is O=C(O)/C=C/C1Cc2cc(-c3ccc(C(=O)N4CC[C@H](F)C4)cc3)cc(Cl)c2O1. The number of nitrogens with zero attached hydrogens (tertiary/aromatic N) is 1. The minimum Gasteiger partial charge on any atom is -0.484 e. The average Bonchev–Trinajstić information content (AvgIpc) is 3.32. The second kappa shape index (κ2) is 7.87. The number of amides is 1. The molecule has 0 radical (unpaired) electrons. The maximum Gasteiger partial charge on any atom is 0.328 e. The molecule has 2 aliphatic rings. The summed E-state index contributed by atoms with van der Waals surface area (Å²) < 4.78 is 19.1. The van der Waals surface area contributed by atoms with E-state index in [1.165, 1.54) is 11.0 Å². The molecule has 0 spiro atoms. The van der Waals surface area contributed by atoms with Crippen LogP contribution >= 0.6 is 11.6 Å². The van der Waals surface area contributed by atoms with Crippen molar-refractivity contribution in [1.29, 1.82) is 0 Å². The number of hydrogen-bond donors (Lipinski definition) is 1. The van der Waals surface area contributed by atoms with Gasteiger partial charge in [-0.15, -0.1) is 0 Å². The highest BCUT2D eigenvalue weighted by molar-refractivity contribution is 6.32. The number of benzene rings is 2. The Morgan fingerprint density at radius 2 is 1.97 bits per heavy atom. The summed E-state index contributed by atoms with van der Waals surface area (Å²) in [6.07, 6.45) is 2.17. The van der Waals surface area contributed by atoms with E-state index in [9.17, 15) is 14.0 Å². The van der Waals surface area contributed by atoms with E-state index in [1.54, 1.807) is 18.2 Å². The molecule has 1 saturated heterocycles. The van der Waals surface area contributed by atoms with Crippen LogP contribution < -0.4 is 4.74 Å². The number of ether oxygens (including phenoxy) is 1. The maximum atomic E-state index is 13.3. The van der Waals surface area contributed by atoms with Gasteiger partial charge in [-0.25, -0.2) is 9.18 Å². The number of rotatable bonds is 4. The summed E-state index contributed by atoms with van der Waals surface area (Å²) in [6.45, 7) is 0.595. The highest BCUT2D eigenvalue weighted by Crippen LogP contribution is 2.40. The Morgan fingerprint density at radius 1 is 1.21 bits per heavy atom. The standard InChI is InChI=1S/C22H19ClFNO4/c23-19-11-15(9-16-10-18(29-21(16)19)5-6-20(26)27)13-1-3-14(4-2-13)22(28)25-8-7-17(24)12-25/h1-6,9,11,17-18H,7-8,10,12H2,(H,26,27)/b6-5+/t17-,18?/m0/s1. The number of carboxylic acids is 1. The summed E-state index contributed by atoms with van der Waals surface area (Å²) in [5, 5.41) is 9.22. The fourth-order valence-electron chi connectivity index (χ4n) is 3.70. The van der Waals surface area contributed by atoms with Gasteiger partial charge in [0.15, 0.2) is 0 Å². The van der Waals surface area contributed by atoms with E-state index in [1.807, 2.05) is 18.2 Å². The fourth-order valence-corrected chi connectivity index (χ4v) is 3.98. The third kappa shape index (κ3) is 4.12. The highest BCUT2D eigenvalue weighted by Gasteiger charge is 2.27. The van der Waals surface area contributed by atoms with E-state index in [0.717, 1.165) is 22.8 Å². The van der Waals surface area contributed by atoms with E-state index < -0.39 is 12.1 Å². The molecule has 4 rings (SSSR count). The molecular formula is C22H19ClFNO4. The normalized spacial score (nSPS) is 20.7. The van der Waals surface area contributed by atoms with E-state index in [-0.39, 0.29) is 18.6 Å². The summed E-state index contributed by atoms with van der Waals surface area (Å²) >= 11 is 6.37. The molecule has 0 aromatic heterocycles. The molecule has 0 bridgehead atoms. The first kappa shape index (κ1) is 19.5. The molecule has 150 valence electrons. The number of carbonyl (C=O) groups excluding carboxylic acids is 1.